The van der Waals surface area contributed by atoms with Gasteiger partial charge in [-0.25, -0.2) is 0 Å². The number of nitrogens with one attached hydrogen (secondary N) is 1. The smallest absolute Gasteiger partial charge is 0.265 e. The van der Waals surface area contributed by atoms with Crippen LogP contribution in [-0.4, -0.2) is 51.1 Å². The summed E-state index contributed by atoms with van der Waals surface area (Å²) in [6.45, 7) is 0.236. The summed E-state index contributed by atoms with van der Waals surface area (Å²) in [5.74, 6) is -1.06. The number of hydrogen-bond acceptors (Lipinski definition) is 9. The lowest BCUT2D eigenvalue weighted by Crippen LogP contribution is -2.30. The lowest BCUT2D eigenvalue weighted by molar-refractivity contribution is -0.121. The van der Waals surface area contributed by atoms with Gasteiger partial charge in [0, 0.05) is 25.1 Å². The number of phenols is 2. The van der Waals surface area contributed by atoms with Crippen LogP contribution >= 0.6 is 0 Å². The van der Waals surface area contributed by atoms with Gasteiger partial charge in [0.2, 0.25) is 24.3 Å². The highest BCUT2D eigenvalue weighted by Gasteiger charge is 2.30. The van der Waals surface area contributed by atoms with Gasteiger partial charge in [-0.05, 0) is 53.9 Å². The van der Waals surface area contributed by atoms with E-state index in [2.05, 4.69) is 10.3 Å². The quantitative estimate of drug-likeness (QED) is 0.257. The molecular formula is C27H25N3O8. The van der Waals surface area contributed by atoms with E-state index < -0.39 is 17.4 Å². The Morgan fingerprint density at radius 3 is 2.76 bits per heavy atom. The molecule has 1 unspecified atom stereocenters. The van der Waals surface area contributed by atoms with Crippen LogP contribution in [-0.2, 0) is 11.2 Å². The van der Waals surface area contributed by atoms with Crippen LogP contribution < -0.4 is 25.1 Å². The van der Waals surface area contributed by atoms with E-state index in [0.29, 0.717) is 34.8 Å². The number of carbonyl (C=O) groups excluding carboxylic acids is 1. The number of methoxy groups -OCH3 is 1. The van der Waals surface area contributed by atoms with E-state index in [1.165, 1.54) is 29.8 Å². The Kier molecular flexibility index (Phi) is 6.65. The second-order valence-corrected chi connectivity index (χ2v) is 8.72. The van der Waals surface area contributed by atoms with Crippen LogP contribution in [0.1, 0.15) is 29.0 Å². The zero-order chi connectivity index (χ0) is 26.8. The van der Waals surface area contributed by atoms with E-state index in [9.17, 15) is 24.9 Å². The minimum Gasteiger partial charge on any atom is -0.504 e. The maximum absolute atomic E-state index is 13.5. The number of fused-ring (bicyclic) bond motifs is 2. The molecule has 38 heavy (non-hydrogen) atoms. The highest BCUT2D eigenvalue weighted by molar-refractivity contribution is 5.78. The second-order valence-electron chi connectivity index (χ2n) is 8.72. The number of carbonyl (C=O) groups is 1. The second kappa shape index (κ2) is 10.2. The van der Waals surface area contributed by atoms with Crippen LogP contribution in [0.5, 0.6) is 34.6 Å². The standard InChI is InChI=1S/C27H25N3O8/c1-36-20-11-16(12-21-25(20)38-14-37-21)17(24-26(34)29-22-4-2-3-9-30(22)27(24)35)13-23(33)28-8-7-15-5-6-18(31)19(32)10-15/h2-6,9-12,17,31-32,34H,7-8,13-14H2,1H3,(H,28,33). The largest absolute Gasteiger partial charge is 0.504 e. The monoisotopic (exact) mass is 519 g/mol. The first-order chi connectivity index (χ1) is 18.4. The number of ether oxygens (including phenoxy) is 3. The fraction of sp³-hybridized carbons (Fsp3) is 0.222. The number of nitrogens with zero attached hydrogens (tertiary/aromatic N) is 2. The fourth-order valence-electron chi connectivity index (χ4n) is 4.46. The Labute approximate surface area is 216 Å². The maximum Gasteiger partial charge on any atom is 0.265 e. The topological polar surface area (TPSA) is 152 Å². The molecule has 1 atom stereocenters. The summed E-state index contributed by atoms with van der Waals surface area (Å²) in [6, 6.07) is 12.7. The fourth-order valence-corrected chi connectivity index (χ4v) is 4.46. The van der Waals surface area contributed by atoms with Gasteiger partial charge in [0.05, 0.1) is 12.7 Å². The number of benzene rings is 2. The predicted octanol–water partition coefficient (Wildman–Crippen LogP) is 2.43. The zero-order valence-corrected chi connectivity index (χ0v) is 20.4. The lowest BCUT2D eigenvalue weighted by atomic mass is 9.88. The molecule has 0 saturated carbocycles. The first-order valence-corrected chi connectivity index (χ1v) is 11.8. The van der Waals surface area contributed by atoms with Crippen molar-refractivity contribution in [3.05, 3.63) is 81.8 Å². The third-order valence-electron chi connectivity index (χ3n) is 6.35. The van der Waals surface area contributed by atoms with Crippen molar-refractivity contribution in [3.63, 3.8) is 0 Å². The van der Waals surface area contributed by atoms with Crippen LogP contribution in [0.4, 0.5) is 0 Å². The molecule has 11 heteroatoms. The zero-order valence-electron chi connectivity index (χ0n) is 20.4. The number of phenolic OH excluding ortho intramolecular Hbond substituents is 2. The lowest BCUT2D eigenvalue weighted by Gasteiger charge is -2.20. The van der Waals surface area contributed by atoms with Crippen molar-refractivity contribution in [3.8, 4) is 34.6 Å². The van der Waals surface area contributed by atoms with Crippen LogP contribution in [0.25, 0.3) is 5.65 Å². The van der Waals surface area contributed by atoms with Crippen LogP contribution in [0.3, 0.4) is 0 Å². The molecule has 1 aliphatic rings. The van der Waals surface area contributed by atoms with Crippen LogP contribution in [0, 0.1) is 0 Å². The molecule has 4 aromatic rings. The van der Waals surface area contributed by atoms with Crippen molar-refractivity contribution in [1.29, 1.82) is 0 Å². The van der Waals surface area contributed by atoms with Crippen molar-refractivity contribution in [2.75, 3.05) is 20.4 Å². The third kappa shape index (κ3) is 4.73. The summed E-state index contributed by atoms with van der Waals surface area (Å²) in [4.78, 5) is 30.8. The number of rotatable bonds is 8. The van der Waals surface area contributed by atoms with Gasteiger partial charge in [-0.2, -0.15) is 4.98 Å². The van der Waals surface area contributed by atoms with Gasteiger partial charge in [0.25, 0.3) is 5.56 Å². The summed E-state index contributed by atoms with van der Waals surface area (Å²) in [5, 5.41) is 32.8. The van der Waals surface area contributed by atoms with Crippen molar-refractivity contribution < 1.29 is 34.3 Å². The van der Waals surface area contributed by atoms with Gasteiger partial charge in [-0.15, -0.1) is 0 Å². The summed E-state index contributed by atoms with van der Waals surface area (Å²) in [6.07, 6.45) is 1.75. The van der Waals surface area contributed by atoms with E-state index in [0.717, 1.165) is 0 Å². The van der Waals surface area contributed by atoms with E-state index in [1.807, 2.05) is 0 Å². The van der Waals surface area contributed by atoms with E-state index in [1.54, 1.807) is 36.4 Å². The number of aromatic hydroxyl groups is 3. The van der Waals surface area contributed by atoms with Crippen molar-refractivity contribution in [2.45, 2.75) is 18.8 Å². The molecule has 2 aromatic heterocycles. The molecule has 0 saturated heterocycles. The molecule has 0 bridgehead atoms. The molecule has 2 aromatic carbocycles. The van der Waals surface area contributed by atoms with E-state index in [-0.39, 0.29) is 48.4 Å². The van der Waals surface area contributed by atoms with Gasteiger partial charge in [0.1, 0.15) is 5.65 Å². The SMILES string of the molecule is COc1cc(C(CC(=O)NCCc2ccc(O)c(O)c2)c2c(O)nc3ccccn3c2=O)cc2c1OCO2. The summed E-state index contributed by atoms with van der Waals surface area (Å²) >= 11 is 0. The number of pyridine rings is 1. The molecule has 3 heterocycles. The van der Waals surface area contributed by atoms with Crippen LogP contribution in [0.15, 0.2) is 59.5 Å². The van der Waals surface area contributed by atoms with Crippen LogP contribution in [0.2, 0.25) is 0 Å². The Bertz CT molecular complexity index is 1580. The number of hydrogen-bond donors (Lipinski definition) is 4. The minimum atomic E-state index is -0.895. The minimum absolute atomic E-state index is 0.00144. The number of amides is 1. The predicted molar refractivity (Wildman–Crippen MR) is 135 cm³/mol. The Morgan fingerprint density at radius 1 is 1.13 bits per heavy atom. The van der Waals surface area contributed by atoms with Gasteiger partial charge in [0.15, 0.2) is 23.0 Å². The Balaban J connectivity index is 1.48. The molecule has 0 fully saturated rings. The average Bonchev–Trinajstić information content (AvgIpc) is 3.38. The highest BCUT2D eigenvalue weighted by Crippen LogP contribution is 2.45. The van der Waals surface area contributed by atoms with Gasteiger partial charge in [-0.3, -0.25) is 14.0 Å². The molecule has 5 rings (SSSR count). The normalized spacial score (nSPS) is 12.9. The summed E-state index contributed by atoms with van der Waals surface area (Å²) in [5.41, 5.74) is 0.916. The molecule has 196 valence electrons. The summed E-state index contributed by atoms with van der Waals surface area (Å²) in [7, 11) is 1.47. The molecule has 1 aliphatic heterocycles. The van der Waals surface area contributed by atoms with E-state index in [4.69, 9.17) is 14.2 Å². The third-order valence-corrected chi connectivity index (χ3v) is 6.35. The molecule has 0 aliphatic carbocycles. The van der Waals surface area contributed by atoms with E-state index >= 15 is 0 Å². The first-order valence-electron chi connectivity index (χ1n) is 11.8. The van der Waals surface area contributed by atoms with Gasteiger partial charge >= 0.3 is 0 Å². The molecule has 11 nitrogen and oxygen atoms in total. The molecule has 4 N–H and O–H groups in total. The van der Waals surface area contributed by atoms with Gasteiger partial charge < -0.3 is 34.8 Å². The van der Waals surface area contributed by atoms with Crippen molar-refractivity contribution in [1.82, 2.24) is 14.7 Å². The van der Waals surface area contributed by atoms with Crippen molar-refractivity contribution in [2.24, 2.45) is 0 Å². The first kappa shape index (κ1) is 24.8. The Hall–Kier alpha value is -4.93. The number of aromatic nitrogens is 2. The van der Waals surface area contributed by atoms with Gasteiger partial charge in [-0.1, -0.05) is 12.1 Å². The average molecular weight is 520 g/mol. The molecule has 1 amide bonds. The maximum atomic E-state index is 13.5. The highest BCUT2D eigenvalue weighted by atomic mass is 16.7. The Morgan fingerprint density at radius 2 is 1.97 bits per heavy atom. The summed E-state index contributed by atoms with van der Waals surface area (Å²) < 4.78 is 17.8. The van der Waals surface area contributed by atoms with Crippen molar-refractivity contribution >= 4 is 11.6 Å². The molecule has 0 spiro atoms. The molecular weight excluding hydrogens is 494 g/mol. The molecule has 0 radical (unpaired) electrons.